The van der Waals surface area contributed by atoms with Gasteiger partial charge < -0.3 is 30.1 Å². The first kappa shape index (κ1) is 42.8. The van der Waals surface area contributed by atoms with Crippen LogP contribution in [0.1, 0.15) is 98.1 Å². The lowest BCUT2D eigenvalue weighted by Gasteiger charge is -2.49. The largest absolute Gasteiger partial charge is 0.490 e. The molecule has 2 fully saturated rings. The number of ether oxygens (including phenoxy) is 2. The van der Waals surface area contributed by atoms with Gasteiger partial charge in [-0.3, -0.25) is 19.4 Å². The van der Waals surface area contributed by atoms with Gasteiger partial charge in [-0.1, -0.05) is 38.5 Å². The number of carbonyl (C=O) groups is 3. The Balaban J connectivity index is 1.48. The van der Waals surface area contributed by atoms with Gasteiger partial charge in [0.05, 0.1) is 23.6 Å². The van der Waals surface area contributed by atoms with Gasteiger partial charge in [-0.15, -0.1) is 11.3 Å². The molecule has 1 saturated heterocycles. The van der Waals surface area contributed by atoms with Crippen LogP contribution in [0.3, 0.4) is 0 Å². The Labute approximate surface area is 325 Å². The lowest BCUT2D eigenvalue weighted by Crippen LogP contribution is -2.68. The average Bonchev–Trinajstić information content (AvgIpc) is 3.84. The van der Waals surface area contributed by atoms with Crippen LogP contribution in [0.15, 0.2) is 54.0 Å². The first-order valence-corrected chi connectivity index (χ1v) is 19.4. The second-order valence-electron chi connectivity index (χ2n) is 14.5. The van der Waals surface area contributed by atoms with Crippen LogP contribution in [0.25, 0.3) is 0 Å². The van der Waals surface area contributed by atoms with E-state index in [-0.39, 0.29) is 50.6 Å². The van der Waals surface area contributed by atoms with E-state index in [9.17, 15) is 45.8 Å². The van der Waals surface area contributed by atoms with Crippen molar-refractivity contribution in [3.63, 3.8) is 0 Å². The summed E-state index contributed by atoms with van der Waals surface area (Å²) in [7, 11) is 1.48. The zero-order chi connectivity index (χ0) is 41.1. The number of likely N-dealkylation sites (N-methyl/N-ethyl adjacent to an activating group) is 1. The molecule has 10 nitrogen and oxygen atoms in total. The van der Waals surface area contributed by atoms with Crippen LogP contribution >= 0.6 is 11.3 Å². The zero-order valence-electron chi connectivity index (χ0n) is 31.3. The minimum absolute atomic E-state index is 0.00975. The number of carboxylic acids is 1. The second-order valence-corrected chi connectivity index (χ2v) is 15.4. The van der Waals surface area contributed by atoms with Crippen molar-refractivity contribution in [3.8, 4) is 11.5 Å². The molecule has 17 heteroatoms. The zero-order valence-corrected chi connectivity index (χ0v) is 32.1. The lowest BCUT2D eigenvalue weighted by molar-refractivity contribution is -0.158. The number of carbonyl (C=O) groups excluding carboxylic acids is 2. The number of aliphatic carboxylic acids is 1. The second kappa shape index (κ2) is 17.0. The molecule has 306 valence electrons. The van der Waals surface area contributed by atoms with E-state index in [4.69, 9.17) is 15.2 Å². The van der Waals surface area contributed by atoms with Gasteiger partial charge in [0.25, 0.3) is 11.8 Å². The third-order valence-corrected chi connectivity index (χ3v) is 11.8. The summed E-state index contributed by atoms with van der Waals surface area (Å²) in [5, 5.41) is 10.6. The van der Waals surface area contributed by atoms with Crippen LogP contribution < -0.4 is 15.2 Å². The monoisotopic (exact) mass is 812 g/mol. The van der Waals surface area contributed by atoms with E-state index >= 15 is 0 Å². The minimum atomic E-state index is -4.92. The van der Waals surface area contributed by atoms with Gasteiger partial charge in [-0.2, -0.15) is 26.3 Å². The van der Waals surface area contributed by atoms with Crippen molar-refractivity contribution >= 4 is 29.1 Å². The Morgan fingerprint density at radius 1 is 1.05 bits per heavy atom. The number of carboxylic acid groups (broad SMARTS) is 1. The number of hydrogen-bond donors (Lipinski definition) is 2. The number of piperidine rings is 1. The Morgan fingerprint density at radius 3 is 2.39 bits per heavy atom. The first-order chi connectivity index (χ1) is 26.3. The number of alkyl halides is 6. The van der Waals surface area contributed by atoms with E-state index in [2.05, 4.69) is 4.98 Å². The van der Waals surface area contributed by atoms with Crippen molar-refractivity contribution in [2.24, 2.45) is 11.7 Å². The smallest absolute Gasteiger partial charge is 0.425 e. The minimum Gasteiger partial charge on any atom is -0.490 e. The van der Waals surface area contributed by atoms with Crippen LogP contribution in [0, 0.1) is 5.92 Å². The van der Waals surface area contributed by atoms with Gasteiger partial charge in [0.1, 0.15) is 22.1 Å². The van der Waals surface area contributed by atoms with E-state index in [1.54, 1.807) is 31.2 Å². The van der Waals surface area contributed by atoms with Gasteiger partial charge >= 0.3 is 18.3 Å². The molecule has 2 aromatic heterocycles. The number of likely N-dealkylation sites (tertiary alicyclic amines) is 1. The van der Waals surface area contributed by atoms with Crippen molar-refractivity contribution in [3.05, 3.63) is 75.7 Å². The molecule has 0 radical (unpaired) electrons. The summed E-state index contributed by atoms with van der Waals surface area (Å²) in [6, 6.07) is 8.50. The van der Waals surface area contributed by atoms with Gasteiger partial charge in [-0.05, 0) is 63.1 Å². The third kappa shape index (κ3) is 9.09. The summed E-state index contributed by atoms with van der Waals surface area (Å²) in [6.45, 7) is 3.57. The van der Waals surface area contributed by atoms with E-state index in [1.807, 2.05) is 6.92 Å². The molecule has 3 N–H and O–H groups in total. The summed E-state index contributed by atoms with van der Waals surface area (Å²) in [5.41, 5.74) is 2.50. The van der Waals surface area contributed by atoms with Crippen molar-refractivity contribution in [2.45, 2.75) is 107 Å². The maximum Gasteiger partial charge on any atom is 0.425 e. The normalized spacial score (nSPS) is 22.7. The van der Waals surface area contributed by atoms with Crippen molar-refractivity contribution < 1.29 is 55.3 Å². The molecule has 1 aliphatic carbocycles. The number of benzene rings is 1. The molecule has 1 saturated carbocycles. The summed E-state index contributed by atoms with van der Waals surface area (Å²) in [6.07, 6.45) is -6.50. The number of hydrogen-bond acceptors (Lipinski definition) is 8. The predicted octanol–water partition coefficient (Wildman–Crippen LogP) is 8.15. The molecule has 0 spiro atoms. The number of aromatic nitrogens is 1. The Bertz CT molecular complexity index is 1870. The molecule has 1 aliphatic heterocycles. The quantitative estimate of drug-likeness (QED) is 0.156. The summed E-state index contributed by atoms with van der Waals surface area (Å²) >= 11 is 0.367. The molecule has 56 heavy (non-hydrogen) atoms. The van der Waals surface area contributed by atoms with E-state index < -0.39 is 69.4 Å². The van der Waals surface area contributed by atoms with Crippen LogP contribution in [0.5, 0.6) is 11.5 Å². The third-order valence-electron chi connectivity index (χ3n) is 10.8. The molecule has 5 rings (SSSR count). The molecule has 0 bridgehead atoms. The average molecular weight is 813 g/mol. The van der Waals surface area contributed by atoms with Crippen LogP contribution in [-0.4, -0.2) is 75.6 Å². The molecule has 1 aromatic carbocycles. The molecule has 2 amide bonds. The number of thiophene rings is 1. The highest BCUT2D eigenvalue weighted by atomic mass is 32.1. The number of pyridine rings is 1. The maximum atomic E-state index is 14.9. The molecular weight excluding hydrogens is 767 g/mol. The Hall–Kier alpha value is -4.38. The standard InChI is InChI=1S/C39H46F6N4O6S/c1-4-10-30-37(55-26-22-31(56-23-26)39(43,44)45,16-9-19-49(30)33(50)32-28(38(40,41)42)12-8-18-47-32)35(53)48(3)20-17-36(46,5-2)27-11-6-7-13-29(27)54-25-15-14-24(21-25)34(51)52/h6-8,11-13,18,22-25,30H,4-5,9-10,14-17,19-21,46H2,1-3H3,(H,51,52)/t24-,25-,30-,36?,37+/m1/s1. The van der Waals surface area contributed by atoms with Crippen molar-refractivity contribution in [1.82, 2.24) is 14.8 Å². The number of nitrogens with zero attached hydrogens (tertiary/aromatic N) is 3. The number of amides is 2. The van der Waals surface area contributed by atoms with Gasteiger partial charge in [0, 0.05) is 55.3 Å². The highest BCUT2D eigenvalue weighted by Crippen LogP contribution is 2.43. The Kier molecular flexibility index (Phi) is 13.0. The molecule has 3 heterocycles. The maximum absolute atomic E-state index is 14.9. The number of nitrogens with two attached hydrogens (primary N) is 1. The Morgan fingerprint density at radius 2 is 1.77 bits per heavy atom. The molecular formula is C39H46F6N4O6S. The van der Waals surface area contributed by atoms with E-state index in [0.29, 0.717) is 54.8 Å². The van der Waals surface area contributed by atoms with Crippen LogP contribution in [-0.2, 0) is 27.5 Å². The predicted molar refractivity (Wildman–Crippen MR) is 195 cm³/mol. The van der Waals surface area contributed by atoms with E-state index in [1.165, 1.54) is 11.9 Å². The molecule has 5 atom stereocenters. The lowest BCUT2D eigenvalue weighted by atomic mass is 9.79. The van der Waals surface area contributed by atoms with Gasteiger partial charge in [-0.25, -0.2) is 0 Å². The molecule has 3 aromatic rings. The van der Waals surface area contributed by atoms with Gasteiger partial charge in [0.2, 0.25) is 5.60 Å². The fourth-order valence-electron chi connectivity index (χ4n) is 7.80. The van der Waals surface area contributed by atoms with Crippen LogP contribution in [0.2, 0.25) is 0 Å². The van der Waals surface area contributed by atoms with Gasteiger partial charge in [0.15, 0.2) is 0 Å². The molecule has 2 aliphatic rings. The SMILES string of the molecule is CCC[C@H]1N(C(=O)c2ncccc2C(F)(F)F)CCC[C@@]1(Oc1csc(C(F)(F)F)c1)C(=O)N(C)CCC(N)(CC)c1ccccc1O[C@@H]1CC[C@@H](C(=O)O)C1. The fourth-order valence-corrected chi connectivity index (χ4v) is 8.48. The summed E-state index contributed by atoms with van der Waals surface area (Å²) < 4.78 is 96.0. The van der Waals surface area contributed by atoms with Crippen LogP contribution in [0.4, 0.5) is 26.3 Å². The van der Waals surface area contributed by atoms with Crippen molar-refractivity contribution in [2.75, 3.05) is 20.1 Å². The summed E-state index contributed by atoms with van der Waals surface area (Å²) in [4.78, 5) is 45.8. The number of para-hydroxylation sites is 1. The highest BCUT2D eigenvalue weighted by Gasteiger charge is 2.56. The molecule has 1 unspecified atom stereocenters. The first-order valence-electron chi connectivity index (χ1n) is 18.6. The highest BCUT2D eigenvalue weighted by molar-refractivity contribution is 7.10. The fraction of sp³-hybridized carbons (Fsp3) is 0.538. The summed E-state index contributed by atoms with van der Waals surface area (Å²) in [5.74, 6) is -2.94. The number of rotatable bonds is 14. The van der Waals surface area contributed by atoms with E-state index in [0.717, 1.165) is 34.7 Å². The van der Waals surface area contributed by atoms with Crippen molar-refractivity contribution in [1.29, 1.82) is 0 Å². The number of halogens is 6. The topological polar surface area (TPSA) is 135 Å².